The van der Waals surface area contributed by atoms with E-state index < -0.39 is 5.97 Å². The lowest BCUT2D eigenvalue weighted by molar-refractivity contribution is 0.0690. The second-order valence-corrected chi connectivity index (χ2v) is 6.25. The molecule has 0 radical (unpaired) electrons. The van der Waals surface area contributed by atoms with E-state index in [4.69, 9.17) is 5.11 Å². The number of hydrogen-bond donors (Lipinski definition) is 2. The van der Waals surface area contributed by atoms with E-state index in [1.165, 1.54) is 31.9 Å². The largest absolute Gasteiger partial charge is 0.476 e. The minimum Gasteiger partial charge on any atom is -0.476 e. The van der Waals surface area contributed by atoms with Gasteiger partial charge in [0.1, 0.15) is 0 Å². The predicted molar refractivity (Wildman–Crippen MR) is 73.4 cm³/mol. The van der Waals surface area contributed by atoms with Crippen LogP contribution in [0.1, 0.15) is 43.1 Å². The van der Waals surface area contributed by atoms with Crippen LogP contribution in [0.2, 0.25) is 0 Å². The van der Waals surface area contributed by atoms with Crippen LogP contribution in [0.3, 0.4) is 0 Å². The molecule has 2 saturated carbocycles. The summed E-state index contributed by atoms with van der Waals surface area (Å²) in [6, 6.07) is 0.535. The number of aromatic nitrogens is 3. The van der Waals surface area contributed by atoms with Gasteiger partial charge in [-0.25, -0.2) is 4.79 Å². The van der Waals surface area contributed by atoms with Gasteiger partial charge in [0.2, 0.25) is 0 Å². The van der Waals surface area contributed by atoms with E-state index in [2.05, 4.69) is 22.6 Å². The molecular formula is C14H22N4O2. The number of fused-ring (bicyclic) bond motifs is 2. The summed E-state index contributed by atoms with van der Waals surface area (Å²) in [5.74, 6) is 1.69. The highest BCUT2D eigenvalue weighted by molar-refractivity contribution is 5.84. The van der Waals surface area contributed by atoms with Gasteiger partial charge in [-0.05, 0) is 43.9 Å². The molecular weight excluding hydrogens is 256 g/mol. The Morgan fingerprint density at radius 3 is 3.00 bits per heavy atom. The number of nitrogens with one attached hydrogen (secondary N) is 1. The van der Waals surface area contributed by atoms with Gasteiger partial charge in [-0.1, -0.05) is 11.6 Å². The Labute approximate surface area is 118 Å². The van der Waals surface area contributed by atoms with E-state index in [-0.39, 0.29) is 5.69 Å². The lowest BCUT2D eigenvalue weighted by atomic mass is 9.84. The molecule has 2 N–H and O–H groups in total. The average Bonchev–Trinajstić information content (AvgIpc) is 3.14. The molecule has 0 spiro atoms. The summed E-state index contributed by atoms with van der Waals surface area (Å²) in [6.07, 6.45) is 7.14. The average molecular weight is 278 g/mol. The fourth-order valence-electron chi connectivity index (χ4n) is 3.97. The summed E-state index contributed by atoms with van der Waals surface area (Å²) in [7, 11) is 0. The number of rotatable bonds is 6. The highest BCUT2D eigenvalue weighted by Crippen LogP contribution is 2.49. The van der Waals surface area contributed by atoms with Crippen LogP contribution < -0.4 is 5.32 Å². The molecule has 0 amide bonds. The fourth-order valence-corrected chi connectivity index (χ4v) is 3.97. The van der Waals surface area contributed by atoms with E-state index in [1.807, 2.05) is 0 Å². The van der Waals surface area contributed by atoms with Gasteiger partial charge in [-0.2, -0.15) is 0 Å². The maximum absolute atomic E-state index is 10.7. The molecule has 4 unspecified atom stereocenters. The van der Waals surface area contributed by atoms with Crippen molar-refractivity contribution in [2.24, 2.45) is 17.8 Å². The first kappa shape index (κ1) is 13.5. The van der Waals surface area contributed by atoms with Gasteiger partial charge in [0.25, 0.3) is 0 Å². The molecule has 20 heavy (non-hydrogen) atoms. The van der Waals surface area contributed by atoms with Crippen molar-refractivity contribution in [2.75, 3.05) is 6.54 Å². The third kappa shape index (κ3) is 2.70. The van der Waals surface area contributed by atoms with Crippen molar-refractivity contribution in [3.05, 3.63) is 11.9 Å². The van der Waals surface area contributed by atoms with Crippen molar-refractivity contribution in [3.8, 4) is 0 Å². The van der Waals surface area contributed by atoms with Crippen LogP contribution in [-0.4, -0.2) is 38.7 Å². The Morgan fingerprint density at radius 2 is 2.40 bits per heavy atom. The van der Waals surface area contributed by atoms with Crippen LogP contribution in [-0.2, 0) is 6.54 Å². The van der Waals surface area contributed by atoms with Gasteiger partial charge in [-0.3, -0.25) is 4.68 Å². The van der Waals surface area contributed by atoms with Crippen LogP contribution in [0, 0.1) is 17.8 Å². The van der Waals surface area contributed by atoms with Crippen molar-refractivity contribution in [3.63, 3.8) is 0 Å². The second-order valence-electron chi connectivity index (χ2n) is 6.25. The van der Waals surface area contributed by atoms with Crippen LogP contribution in [0.4, 0.5) is 0 Å². The Kier molecular flexibility index (Phi) is 3.74. The van der Waals surface area contributed by atoms with Crippen molar-refractivity contribution >= 4 is 5.97 Å². The molecule has 2 fully saturated rings. The molecule has 0 saturated heterocycles. The Balaban J connectivity index is 1.44. The minimum atomic E-state index is -1.03. The van der Waals surface area contributed by atoms with Crippen molar-refractivity contribution < 1.29 is 9.90 Å². The molecule has 4 atom stereocenters. The molecule has 2 aliphatic carbocycles. The second kappa shape index (κ2) is 5.52. The van der Waals surface area contributed by atoms with E-state index >= 15 is 0 Å². The van der Waals surface area contributed by atoms with Gasteiger partial charge in [0.15, 0.2) is 5.69 Å². The first-order valence-corrected chi connectivity index (χ1v) is 7.50. The zero-order valence-electron chi connectivity index (χ0n) is 11.8. The van der Waals surface area contributed by atoms with Crippen LogP contribution in [0.25, 0.3) is 0 Å². The lowest BCUT2D eigenvalue weighted by Gasteiger charge is -2.28. The number of carboxylic acids is 1. The minimum absolute atomic E-state index is 0.00570. The highest BCUT2D eigenvalue weighted by Gasteiger charge is 2.41. The van der Waals surface area contributed by atoms with Gasteiger partial charge in [0, 0.05) is 12.6 Å². The van der Waals surface area contributed by atoms with E-state index in [1.54, 1.807) is 4.68 Å². The Hall–Kier alpha value is -1.43. The fraction of sp³-hybridized carbons (Fsp3) is 0.786. The summed E-state index contributed by atoms with van der Waals surface area (Å²) in [5, 5.41) is 19.8. The topological polar surface area (TPSA) is 80.0 Å². The van der Waals surface area contributed by atoms with Crippen LogP contribution in [0.15, 0.2) is 6.20 Å². The van der Waals surface area contributed by atoms with Gasteiger partial charge in [0.05, 0.1) is 12.7 Å². The van der Waals surface area contributed by atoms with E-state index in [0.717, 1.165) is 24.3 Å². The van der Waals surface area contributed by atoms with Crippen molar-refractivity contribution in [1.82, 2.24) is 20.3 Å². The first-order chi connectivity index (χ1) is 9.63. The molecule has 1 heterocycles. The molecule has 2 bridgehead atoms. The van der Waals surface area contributed by atoms with Crippen molar-refractivity contribution in [1.29, 1.82) is 0 Å². The zero-order chi connectivity index (χ0) is 14.1. The van der Waals surface area contributed by atoms with Crippen molar-refractivity contribution in [2.45, 2.75) is 45.2 Å². The lowest BCUT2D eigenvalue weighted by Crippen LogP contribution is -2.38. The molecule has 2 aliphatic rings. The Morgan fingerprint density at radius 1 is 1.55 bits per heavy atom. The molecule has 3 rings (SSSR count). The van der Waals surface area contributed by atoms with Crippen LogP contribution >= 0.6 is 0 Å². The van der Waals surface area contributed by atoms with Gasteiger partial charge < -0.3 is 10.4 Å². The Bertz CT molecular complexity index is 487. The summed E-state index contributed by atoms with van der Waals surface area (Å²) < 4.78 is 1.59. The molecule has 110 valence electrons. The number of aromatic carboxylic acids is 1. The summed E-state index contributed by atoms with van der Waals surface area (Å²) >= 11 is 0. The normalized spacial score (nSPS) is 29.8. The van der Waals surface area contributed by atoms with Gasteiger partial charge >= 0.3 is 5.97 Å². The first-order valence-electron chi connectivity index (χ1n) is 7.50. The quantitative estimate of drug-likeness (QED) is 0.822. The highest BCUT2D eigenvalue weighted by atomic mass is 16.4. The summed E-state index contributed by atoms with van der Waals surface area (Å²) in [4.78, 5) is 10.7. The number of carboxylic acid groups (broad SMARTS) is 1. The third-order valence-electron chi connectivity index (χ3n) is 5.00. The number of hydrogen-bond acceptors (Lipinski definition) is 4. The molecule has 6 nitrogen and oxygen atoms in total. The molecule has 6 heteroatoms. The smallest absolute Gasteiger partial charge is 0.358 e. The van der Waals surface area contributed by atoms with Crippen LogP contribution in [0.5, 0.6) is 0 Å². The third-order valence-corrected chi connectivity index (χ3v) is 5.00. The molecule has 1 aromatic rings. The number of nitrogens with zero attached hydrogens (tertiary/aromatic N) is 3. The summed E-state index contributed by atoms with van der Waals surface area (Å²) in [6.45, 7) is 3.73. The molecule has 1 aromatic heterocycles. The maximum Gasteiger partial charge on any atom is 0.358 e. The SMILES string of the molecule is CC(NCCn1cc(C(=O)O)nn1)C1CC2CCC1C2. The number of carbonyl (C=O) groups is 1. The molecule has 0 aliphatic heterocycles. The zero-order valence-corrected chi connectivity index (χ0v) is 11.8. The van der Waals surface area contributed by atoms with Gasteiger partial charge in [-0.15, -0.1) is 5.10 Å². The summed E-state index contributed by atoms with van der Waals surface area (Å²) in [5.41, 5.74) is 0.00570. The molecule has 0 aromatic carbocycles. The standard InChI is InChI=1S/C14H22N4O2/c1-9(12-7-10-2-3-11(12)6-10)15-4-5-18-8-13(14(19)20)16-17-18/h8-12,15H,2-7H2,1H3,(H,19,20). The predicted octanol–water partition coefficient (Wildman–Crippen LogP) is 1.39. The van der Waals surface area contributed by atoms with E-state index in [9.17, 15) is 4.79 Å². The monoisotopic (exact) mass is 278 g/mol. The maximum atomic E-state index is 10.7. The van der Waals surface area contributed by atoms with E-state index in [0.29, 0.717) is 12.6 Å².